The second-order valence-corrected chi connectivity index (χ2v) is 17.3. The molecule has 0 amide bonds. The van der Waals surface area contributed by atoms with E-state index >= 15 is 0 Å². The number of rotatable bonds is 42. The van der Waals surface area contributed by atoms with Gasteiger partial charge in [0.2, 0.25) is 0 Å². The summed E-state index contributed by atoms with van der Waals surface area (Å²) in [5.74, 6) is -0.815. The minimum Gasteiger partial charge on any atom is -0.462 e. The van der Waals surface area contributed by atoms with Crippen LogP contribution in [0.25, 0.3) is 0 Å². The molecule has 1 heterocycles. The van der Waals surface area contributed by atoms with Gasteiger partial charge in [-0.05, 0) is 70.6 Å². The fraction of sp³-hybridized carbons (Fsp3) is 0.843. The molecule has 0 aliphatic carbocycles. The van der Waals surface area contributed by atoms with Crippen molar-refractivity contribution in [2.24, 2.45) is 0 Å². The van der Waals surface area contributed by atoms with Crippen molar-refractivity contribution in [3.63, 3.8) is 0 Å². The summed E-state index contributed by atoms with van der Waals surface area (Å²) in [5.41, 5.74) is 0. The van der Waals surface area contributed by atoms with Gasteiger partial charge in [-0.2, -0.15) is 0 Å². The van der Waals surface area contributed by atoms with Gasteiger partial charge in [0.1, 0.15) is 31.0 Å². The van der Waals surface area contributed by atoms with Crippen LogP contribution in [0, 0.1) is 0 Å². The van der Waals surface area contributed by atoms with Gasteiger partial charge >= 0.3 is 11.9 Å². The Morgan fingerprint density at radius 3 is 1.39 bits per heavy atom. The lowest BCUT2D eigenvalue weighted by atomic mass is 9.99. The lowest BCUT2D eigenvalue weighted by Crippen LogP contribution is -2.59. The van der Waals surface area contributed by atoms with Gasteiger partial charge in [0.15, 0.2) is 12.4 Å². The van der Waals surface area contributed by atoms with Crippen molar-refractivity contribution in [2.75, 3.05) is 19.8 Å². The molecule has 6 atom stereocenters. The third-order valence-corrected chi connectivity index (χ3v) is 11.5. The first-order valence-corrected chi connectivity index (χ1v) is 25.1. The number of allylic oxidation sites excluding steroid dienone is 6. The van der Waals surface area contributed by atoms with Crippen molar-refractivity contribution >= 4 is 11.9 Å². The monoisotopic (exact) mass is 865 g/mol. The Balaban J connectivity index is 2.29. The molecule has 6 unspecified atom stereocenters. The molecule has 0 aromatic rings. The molecular formula is C51H92O10. The van der Waals surface area contributed by atoms with E-state index < -0.39 is 49.4 Å². The van der Waals surface area contributed by atoms with E-state index in [2.05, 4.69) is 50.3 Å². The summed E-state index contributed by atoms with van der Waals surface area (Å²) in [6.07, 6.45) is 41.4. The first kappa shape index (κ1) is 56.9. The number of hydrogen-bond donors (Lipinski definition) is 4. The highest BCUT2D eigenvalue weighted by molar-refractivity contribution is 5.70. The lowest BCUT2D eigenvalue weighted by molar-refractivity contribution is -0.305. The molecule has 4 N–H and O–H groups in total. The third-order valence-electron chi connectivity index (χ3n) is 11.5. The molecule has 1 rings (SSSR count). The quantitative estimate of drug-likeness (QED) is 0.0265. The second-order valence-electron chi connectivity index (χ2n) is 17.3. The molecule has 1 fully saturated rings. The van der Waals surface area contributed by atoms with Gasteiger partial charge in [0.25, 0.3) is 0 Å². The summed E-state index contributed by atoms with van der Waals surface area (Å²) in [6.45, 7) is 3.41. The average molecular weight is 865 g/mol. The lowest BCUT2D eigenvalue weighted by Gasteiger charge is -2.39. The van der Waals surface area contributed by atoms with E-state index in [9.17, 15) is 30.0 Å². The molecule has 0 aromatic heterocycles. The maximum Gasteiger partial charge on any atom is 0.306 e. The van der Waals surface area contributed by atoms with Crippen LogP contribution in [0.3, 0.4) is 0 Å². The van der Waals surface area contributed by atoms with Crippen molar-refractivity contribution in [1.29, 1.82) is 0 Å². The molecule has 0 spiro atoms. The number of aliphatic hydroxyl groups excluding tert-OH is 4. The van der Waals surface area contributed by atoms with Crippen molar-refractivity contribution in [3.8, 4) is 0 Å². The number of ether oxygens (including phenoxy) is 4. The van der Waals surface area contributed by atoms with Crippen molar-refractivity contribution in [1.82, 2.24) is 0 Å². The molecule has 1 aliphatic heterocycles. The minimum atomic E-state index is -1.60. The average Bonchev–Trinajstić information content (AvgIpc) is 3.26. The van der Waals surface area contributed by atoms with Crippen molar-refractivity contribution in [2.45, 2.75) is 256 Å². The van der Waals surface area contributed by atoms with Crippen LogP contribution in [0.2, 0.25) is 0 Å². The third kappa shape index (κ3) is 33.1. The van der Waals surface area contributed by atoms with E-state index in [1.165, 1.54) is 122 Å². The standard InChI is InChI=1S/C51H92O10/c1-3-5-7-9-11-13-15-17-19-21-23-25-27-29-31-33-35-37-39-46(53)58-42-44(43-59-51-50(57)49(56)48(55)45(41-52)61-51)60-47(54)40-38-36-34-32-30-28-26-24-22-20-18-16-14-12-10-8-6-4-2/h14,16,19-22,44-45,48-52,55-57H,3-13,15,17-18,23-43H2,1-2H3/b16-14-,21-19-,22-20-. The van der Waals surface area contributed by atoms with E-state index in [-0.39, 0.29) is 32.0 Å². The summed E-state index contributed by atoms with van der Waals surface area (Å²) in [7, 11) is 0. The van der Waals surface area contributed by atoms with Gasteiger partial charge in [-0.3, -0.25) is 9.59 Å². The predicted molar refractivity (Wildman–Crippen MR) is 247 cm³/mol. The molecule has 0 aromatic carbocycles. The highest BCUT2D eigenvalue weighted by Gasteiger charge is 2.44. The molecule has 10 heteroatoms. The van der Waals surface area contributed by atoms with Gasteiger partial charge in [-0.15, -0.1) is 0 Å². The topological polar surface area (TPSA) is 152 Å². The normalized spacial score (nSPS) is 20.0. The summed E-state index contributed by atoms with van der Waals surface area (Å²) in [4.78, 5) is 25.4. The number of carbonyl (C=O) groups is 2. The van der Waals surface area contributed by atoms with E-state index in [0.29, 0.717) is 6.42 Å². The zero-order valence-electron chi connectivity index (χ0n) is 38.9. The Bertz CT molecular complexity index is 1090. The smallest absolute Gasteiger partial charge is 0.306 e. The number of hydrogen-bond acceptors (Lipinski definition) is 10. The van der Waals surface area contributed by atoms with E-state index in [1.807, 2.05) is 0 Å². The van der Waals surface area contributed by atoms with Crippen LogP contribution in [0.1, 0.15) is 219 Å². The van der Waals surface area contributed by atoms with Crippen LogP contribution in [0.5, 0.6) is 0 Å². The summed E-state index contributed by atoms with van der Waals surface area (Å²) in [6, 6.07) is 0. The molecule has 0 saturated carbocycles. The maximum absolute atomic E-state index is 12.8. The Kier molecular flexibility index (Phi) is 39.1. The van der Waals surface area contributed by atoms with Gasteiger partial charge in [0, 0.05) is 12.8 Å². The SMILES string of the molecule is CCCCCC/C=C\C/C=C\CCCCCCCCCC(=O)OC(COC(=O)CCCCCCCCC/C=C\CCCCCCCCC)COC1OC(CO)C(O)C(O)C1O. The van der Waals surface area contributed by atoms with Crippen molar-refractivity contribution < 1.29 is 49.0 Å². The van der Waals surface area contributed by atoms with Crippen LogP contribution in [-0.2, 0) is 28.5 Å². The van der Waals surface area contributed by atoms with E-state index in [4.69, 9.17) is 18.9 Å². The molecule has 10 nitrogen and oxygen atoms in total. The predicted octanol–water partition coefficient (Wildman–Crippen LogP) is 11.4. The minimum absolute atomic E-state index is 0.221. The first-order valence-electron chi connectivity index (χ1n) is 25.1. The fourth-order valence-corrected chi connectivity index (χ4v) is 7.51. The van der Waals surface area contributed by atoms with Crippen molar-refractivity contribution in [3.05, 3.63) is 36.5 Å². The number of esters is 2. The van der Waals surface area contributed by atoms with Crippen LogP contribution in [0.4, 0.5) is 0 Å². The summed E-state index contributed by atoms with van der Waals surface area (Å²) >= 11 is 0. The number of carbonyl (C=O) groups excluding carboxylic acids is 2. The summed E-state index contributed by atoms with van der Waals surface area (Å²) in [5, 5.41) is 40.2. The molecule has 1 saturated heterocycles. The summed E-state index contributed by atoms with van der Waals surface area (Å²) < 4.78 is 22.2. The molecule has 1 aliphatic rings. The molecule has 0 radical (unpaired) electrons. The molecule has 0 bridgehead atoms. The number of aliphatic hydroxyl groups is 4. The van der Waals surface area contributed by atoms with Crippen LogP contribution < -0.4 is 0 Å². The molecule has 61 heavy (non-hydrogen) atoms. The van der Waals surface area contributed by atoms with Crippen LogP contribution in [0.15, 0.2) is 36.5 Å². The van der Waals surface area contributed by atoms with E-state index in [0.717, 1.165) is 64.2 Å². The van der Waals surface area contributed by atoms with Gasteiger partial charge in [-0.25, -0.2) is 0 Å². The maximum atomic E-state index is 12.8. The van der Waals surface area contributed by atoms with Crippen LogP contribution in [-0.4, -0.2) is 89.0 Å². The Morgan fingerprint density at radius 1 is 0.508 bits per heavy atom. The first-order chi connectivity index (χ1) is 29.8. The van der Waals surface area contributed by atoms with Gasteiger partial charge in [0.05, 0.1) is 13.2 Å². The zero-order chi connectivity index (χ0) is 44.4. The van der Waals surface area contributed by atoms with Gasteiger partial charge in [-0.1, -0.05) is 172 Å². The van der Waals surface area contributed by atoms with Crippen LogP contribution >= 0.6 is 0 Å². The Hall–Kier alpha value is -2.08. The second kappa shape index (κ2) is 41.9. The van der Waals surface area contributed by atoms with Gasteiger partial charge < -0.3 is 39.4 Å². The molecular weight excluding hydrogens is 773 g/mol. The van der Waals surface area contributed by atoms with E-state index in [1.54, 1.807) is 0 Å². The highest BCUT2D eigenvalue weighted by Crippen LogP contribution is 2.23. The molecule has 356 valence electrons. The highest BCUT2D eigenvalue weighted by atomic mass is 16.7. The largest absolute Gasteiger partial charge is 0.462 e. The number of unbranched alkanes of at least 4 members (excludes halogenated alkanes) is 25. The Labute approximate surface area is 372 Å². The fourth-order valence-electron chi connectivity index (χ4n) is 7.51. The Morgan fingerprint density at radius 2 is 0.918 bits per heavy atom. The zero-order valence-corrected chi connectivity index (χ0v) is 38.9.